The summed E-state index contributed by atoms with van der Waals surface area (Å²) in [5.41, 5.74) is 1.59. The number of nitrogens with one attached hydrogen (secondary N) is 2. The zero-order valence-electron chi connectivity index (χ0n) is 15.6. The Balaban J connectivity index is 1.65. The second kappa shape index (κ2) is 7.64. The lowest BCUT2D eigenvalue weighted by molar-refractivity contribution is 0.368. The molecule has 0 spiro atoms. The van der Waals surface area contributed by atoms with E-state index in [1.165, 1.54) is 17.6 Å². The summed E-state index contributed by atoms with van der Waals surface area (Å²) >= 11 is 1.33. The van der Waals surface area contributed by atoms with Gasteiger partial charge in [0, 0.05) is 18.0 Å². The van der Waals surface area contributed by atoms with Crippen molar-refractivity contribution in [3.8, 4) is 17.0 Å². The van der Waals surface area contributed by atoms with Crippen molar-refractivity contribution in [1.29, 1.82) is 0 Å². The highest BCUT2D eigenvalue weighted by atomic mass is 32.2. The maximum Gasteiger partial charge on any atom is 0.214 e. The summed E-state index contributed by atoms with van der Waals surface area (Å²) in [5.74, 6) is 0.693. The molecule has 1 aliphatic rings. The first-order valence-electron chi connectivity index (χ1n) is 8.96. The monoisotopic (exact) mass is 422 g/mol. The standard InChI is InChI=1S/C17H22N6O3S2/c1-26-13-7-12(8-19-9-13)14-10-20-17-23(14)22-16(27-17)21-15(28(2,24)25)11-3-5-18-6-4-11/h7-11,15,18H,3-6H2,1-2H3,(H,21,22). The highest BCUT2D eigenvalue weighted by Crippen LogP contribution is 2.30. The average Bonchev–Trinajstić information content (AvgIpc) is 3.26. The number of piperidine rings is 1. The van der Waals surface area contributed by atoms with E-state index in [0.29, 0.717) is 15.8 Å². The predicted octanol–water partition coefficient (Wildman–Crippen LogP) is 1.64. The SMILES string of the molecule is COc1cncc(-c2cnc3sc(NC(C4CCNCC4)S(C)(=O)=O)nn23)c1. The molecule has 0 bridgehead atoms. The number of fused-ring (bicyclic) bond motifs is 1. The van der Waals surface area contributed by atoms with Gasteiger partial charge in [0.25, 0.3) is 0 Å². The van der Waals surface area contributed by atoms with Crippen LogP contribution in [0.25, 0.3) is 16.2 Å². The minimum absolute atomic E-state index is 0.0505. The van der Waals surface area contributed by atoms with Crippen LogP contribution in [0.3, 0.4) is 0 Å². The Bertz CT molecular complexity index is 1070. The topological polar surface area (TPSA) is 111 Å². The molecule has 1 saturated heterocycles. The van der Waals surface area contributed by atoms with Crippen molar-refractivity contribution in [3.63, 3.8) is 0 Å². The molecule has 0 radical (unpaired) electrons. The normalized spacial score (nSPS) is 16.9. The summed E-state index contributed by atoms with van der Waals surface area (Å²) in [4.78, 5) is 9.26. The van der Waals surface area contributed by atoms with Crippen LogP contribution in [-0.4, -0.2) is 59.8 Å². The summed E-state index contributed by atoms with van der Waals surface area (Å²) in [6.45, 7) is 1.65. The Kier molecular flexibility index (Phi) is 5.21. The Morgan fingerprint density at radius 3 is 2.82 bits per heavy atom. The molecule has 1 aliphatic heterocycles. The van der Waals surface area contributed by atoms with Gasteiger partial charge in [-0.1, -0.05) is 11.3 Å². The van der Waals surface area contributed by atoms with E-state index in [0.717, 1.165) is 37.2 Å². The van der Waals surface area contributed by atoms with E-state index in [9.17, 15) is 8.42 Å². The molecule has 0 amide bonds. The summed E-state index contributed by atoms with van der Waals surface area (Å²) in [7, 11) is -1.70. The molecule has 2 N–H and O–H groups in total. The van der Waals surface area contributed by atoms with Crippen LogP contribution < -0.4 is 15.4 Å². The Morgan fingerprint density at radius 1 is 1.32 bits per heavy atom. The van der Waals surface area contributed by atoms with E-state index >= 15 is 0 Å². The Hall–Kier alpha value is -2.24. The van der Waals surface area contributed by atoms with Crippen molar-refractivity contribution < 1.29 is 13.2 Å². The van der Waals surface area contributed by atoms with Gasteiger partial charge in [-0.05, 0) is 37.9 Å². The van der Waals surface area contributed by atoms with Gasteiger partial charge >= 0.3 is 0 Å². The number of aromatic nitrogens is 4. The Morgan fingerprint density at radius 2 is 2.11 bits per heavy atom. The fourth-order valence-corrected chi connectivity index (χ4v) is 5.65. The van der Waals surface area contributed by atoms with Crippen LogP contribution in [-0.2, 0) is 9.84 Å². The van der Waals surface area contributed by atoms with Gasteiger partial charge in [0.1, 0.15) is 11.1 Å². The van der Waals surface area contributed by atoms with E-state index in [1.807, 2.05) is 6.07 Å². The molecule has 0 saturated carbocycles. The third-order valence-electron chi connectivity index (χ3n) is 4.87. The maximum atomic E-state index is 12.4. The van der Waals surface area contributed by atoms with Gasteiger partial charge in [-0.3, -0.25) is 4.98 Å². The van der Waals surface area contributed by atoms with Crippen molar-refractivity contribution in [2.24, 2.45) is 5.92 Å². The zero-order chi connectivity index (χ0) is 19.7. The number of ether oxygens (including phenoxy) is 1. The molecule has 1 unspecified atom stereocenters. The van der Waals surface area contributed by atoms with Crippen molar-refractivity contribution in [3.05, 3.63) is 24.7 Å². The van der Waals surface area contributed by atoms with Crippen LogP contribution in [0.1, 0.15) is 12.8 Å². The van der Waals surface area contributed by atoms with Gasteiger partial charge in [0.2, 0.25) is 10.1 Å². The molecule has 1 fully saturated rings. The number of nitrogens with zero attached hydrogens (tertiary/aromatic N) is 4. The van der Waals surface area contributed by atoms with Crippen molar-refractivity contribution >= 4 is 31.3 Å². The largest absolute Gasteiger partial charge is 0.495 e. The lowest BCUT2D eigenvalue weighted by atomic mass is 9.98. The molecule has 4 rings (SSSR count). The lowest BCUT2D eigenvalue weighted by Gasteiger charge is -2.29. The van der Waals surface area contributed by atoms with Crippen molar-refractivity contribution in [1.82, 2.24) is 24.9 Å². The minimum atomic E-state index is -3.28. The molecule has 9 nitrogen and oxygen atoms in total. The molecule has 4 heterocycles. The van der Waals surface area contributed by atoms with Crippen molar-refractivity contribution in [2.45, 2.75) is 18.2 Å². The average molecular weight is 423 g/mol. The summed E-state index contributed by atoms with van der Waals surface area (Å²) in [5, 5.41) is 10.9. The fraction of sp³-hybridized carbons (Fsp3) is 0.471. The predicted molar refractivity (Wildman–Crippen MR) is 108 cm³/mol. The van der Waals surface area contributed by atoms with E-state index in [4.69, 9.17) is 4.74 Å². The first-order chi connectivity index (χ1) is 13.5. The minimum Gasteiger partial charge on any atom is -0.495 e. The van der Waals surface area contributed by atoms with E-state index < -0.39 is 15.2 Å². The molecule has 11 heteroatoms. The van der Waals surface area contributed by atoms with Gasteiger partial charge < -0.3 is 15.4 Å². The number of rotatable bonds is 6. The quantitative estimate of drug-likeness (QED) is 0.617. The molecule has 28 heavy (non-hydrogen) atoms. The van der Waals surface area contributed by atoms with Crippen LogP contribution in [0, 0.1) is 5.92 Å². The smallest absolute Gasteiger partial charge is 0.214 e. The number of imidazole rings is 1. The number of anilines is 1. The molecule has 3 aromatic heterocycles. The van der Waals surface area contributed by atoms with Gasteiger partial charge in [0.15, 0.2) is 9.84 Å². The number of hydrogen-bond acceptors (Lipinski definition) is 9. The molecule has 0 aliphatic carbocycles. The second-order valence-corrected chi connectivity index (χ2v) is 9.96. The summed E-state index contributed by atoms with van der Waals surface area (Å²) in [6.07, 6.45) is 7.97. The summed E-state index contributed by atoms with van der Waals surface area (Å²) in [6, 6.07) is 1.86. The first-order valence-corrected chi connectivity index (χ1v) is 11.7. The molecular weight excluding hydrogens is 400 g/mol. The Labute approximate surface area is 167 Å². The zero-order valence-corrected chi connectivity index (χ0v) is 17.3. The first kappa shape index (κ1) is 19.1. The molecule has 1 atom stereocenters. The molecule has 3 aromatic rings. The van der Waals surface area contributed by atoms with Gasteiger partial charge in [-0.2, -0.15) is 0 Å². The molecule has 0 aromatic carbocycles. The van der Waals surface area contributed by atoms with Crippen LogP contribution >= 0.6 is 11.3 Å². The van der Waals surface area contributed by atoms with E-state index in [2.05, 4.69) is 25.7 Å². The van der Waals surface area contributed by atoms with Gasteiger partial charge in [-0.25, -0.2) is 17.9 Å². The van der Waals surface area contributed by atoms with Crippen LogP contribution in [0.4, 0.5) is 5.13 Å². The fourth-order valence-electron chi connectivity index (χ4n) is 3.46. The van der Waals surface area contributed by atoms with Gasteiger partial charge in [0.05, 0.1) is 25.2 Å². The maximum absolute atomic E-state index is 12.4. The highest BCUT2D eigenvalue weighted by Gasteiger charge is 2.32. The number of methoxy groups -OCH3 is 1. The third kappa shape index (κ3) is 3.82. The van der Waals surface area contributed by atoms with Crippen molar-refractivity contribution in [2.75, 3.05) is 31.8 Å². The van der Waals surface area contributed by atoms with E-state index in [1.54, 1.807) is 30.2 Å². The number of pyridine rings is 1. The van der Waals surface area contributed by atoms with Crippen LogP contribution in [0.15, 0.2) is 24.7 Å². The number of hydrogen-bond donors (Lipinski definition) is 2. The second-order valence-electron chi connectivity index (χ2n) is 6.84. The molecule has 150 valence electrons. The van der Waals surface area contributed by atoms with E-state index in [-0.39, 0.29) is 5.92 Å². The third-order valence-corrected chi connectivity index (χ3v) is 7.15. The summed E-state index contributed by atoms with van der Waals surface area (Å²) < 4.78 is 31.7. The van der Waals surface area contributed by atoms with Crippen LogP contribution in [0.2, 0.25) is 0 Å². The number of sulfone groups is 1. The van der Waals surface area contributed by atoms with Crippen LogP contribution in [0.5, 0.6) is 5.75 Å². The highest BCUT2D eigenvalue weighted by molar-refractivity contribution is 7.91. The lowest BCUT2D eigenvalue weighted by Crippen LogP contribution is -2.42. The van der Waals surface area contributed by atoms with Gasteiger partial charge in [-0.15, -0.1) is 5.10 Å². The molecular formula is C17H22N6O3S2.